The maximum atomic E-state index is 13.8. The second-order valence-corrected chi connectivity index (χ2v) is 4.14. The van der Waals surface area contributed by atoms with Crippen molar-refractivity contribution >= 4 is 5.78 Å². The molecule has 2 rings (SSSR count). The van der Waals surface area contributed by atoms with Gasteiger partial charge in [-0.15, -0.1) is 0 Å². The van der Waals surface area contributed by atoms with E-state index in [0.717, 1.165) is 6.07 Å². The first kappa shape index (κ1) is 13.4. The fourth-order valence-electron chi connectivity index (χ4n) is 1.84. The van der Waals surface area contributed by atoms with Crippen LogP contribution in [0.3, 0.4) is 0 Å². The zero-order valence-corrected chi connectivity index (χ0v) is 10.4. The summed E-state index contributed by atoms with van der Waals surface area (Å²) in [6.07, 6.45) is 0. The molecule has 0 heterocycles. The van der Waals surface area contributed by atoms with Gasteiger partial charge in [-0.1, -0.05) is 30.3 Å². The molecule has 1 N–H and O–H groups in total. The maximum absolute atomic E-state index is 13.8. The van der Waals surface area contributed by atoms with E-state index >= 15 is 0 Å². The van der Waals surface area contributed by atoms with Gasteiger partial charge in [0.25, 0.3) is 0 Å². The lowest BCUT2D eigenvalue weighted by molar-refractivity contribution is 0.0993. The van der Waals surface area contributed by atoms with Crippen LogP contribution in [0.2, 0.25) is 0 Å². The summed E-state index contributed by atoms with van der Waals surface area (Å²) in [7, 11) is 1.62. The van der Waals surface area contributed by atoms with Gasteiger partial charge in [0.15, 0.2) is 17.4 Å². The number of hydrogen-bond donors (Lipinski definition) is 1. The normalized spacial score (nSPS) is 10.5. The third-order valence-electron chi connectivity index (χ3n) is 2.77. The third-order valence-corrected chi connectivity index (χ3v) is 2.77. The molecule has 0 saturated carbocycles. The predicted octanol–water partition coefficient (Wildman–Crippen LogP) is 3.03. The fourth-order valence-corrected chi connectivity index (χ4v) is 1.84. The lowest BCUT2D eigenvalue weighted by Gasteiger charge is -2.08. The van der Waals surface area contributed by atoms with E-state index in [1.807, 2.05) is 0 Å². The average Bonchev–Trinajstić information content (AvgIpc) is 2.43. The first-order valence-electron chi connectivity index (χ1n) is 5.85. The van der Waals surface area contributed by atoms with Gasteiger partial charge in [0, 0.05) is 11.1 Å². The second-order valence-electron chi connectivity index (χ2n) is 4.14. The summed E-state index contributed by atoms with van der Waals surface area (Å²) in [6.45, 7) is 0.0826. The van der Waals surface area contributed by atoms with Crippen LogP contribution < -0.4 is 5.32 Å². The molecule has 2 aromatic carbocycles. The lowest BCUT2D eigenvalue weighted by atomic mass is 10.00. The minimum atomic E-state index is -1.01. The molecule has 0 aliphatic carbocycles. The number of benzene rings is 2. The van der Waals surface area contributed by atoms with E-state index in [-0.39, 0.29) is 23.5 Å². The minimum Gasteiger partial charge on any atom is -0.313 e. The fraction of sp³-hybridized carbons (Fsp3) is 0.133. The van der Waals surface area contributed by atoms with Crippen LogP contribution >= 0.6 is 0 Å². The minimum absolute atomic E-state index is 0.0826. The molecule has 0 radical (unpaired) electrons. The van der Waals surface area contributed by atoms with Crippen molar-refractivity contribution in [2.75, 3.05) is 13.6 Å². The first-order valence-corrected chi connectivity index (χ1v) is 5.85. The van der Waals surface area contributed by atoms with Gasteiger partial charge in [-0.05, 0) is 24.7 Å². The Bertz CT molecular complexity index is 597. The van der Waals surface area contributed by atoms with Crippen LogP contribution in [0.25, 0.3) is 11.1 Å². The first-order chi connectivity index (χ1) is 9.13. The number of hydrogen-bond acceptors (Lipinski definition) is 2. The van der Waals surface area contributed by atoms with Crippen molar-refractivity contribution in [3.8, 4) is 11.1 Å². The molecule has 0 bridgehead atoms. The van der Waals surface area contributed by atoms with E-state index in [2.05, 4.69) is 5.32 Å². The Hall–Kier alpha value is -2.07. The number of likely N-dealkylation sites (N-methyl/N-ethyl adjacent to an activating group) is 1. The smallest absolute Gasteiger partial charge is 0.176 e. The van der Waals surface area contributed by atoms with Gasteiger partial charge in [-0.3, -0.25) is 4.79 Å². The molecule has 4 heteroatoms. The molecular weight excluding hydrogens is 248 g/mol. The van der Waals surface area contributed by atoms with Crippen molar-refractivity contribution in [1.29, 1.82) is 0 Å². The zero-order chi connectivity index (χ0) is 13.8. The van der Waals surface area contributed by atoms with E-state index in [0.29, 0.717) is 5.56 Å². The molecular formula is C15H13F2NO. The van der Waals surface area contributed by atoms with Crippen molar-refractivity contribution in [3.63, 3.8) is 0 Å². The molecule has 0 atom stereocenters. The van der Waals surface area contributed by atoms with E-state index in [9.17, 15) is 13.6 Å². The summed E-state index contributed by atoms with van der Waals surface area (Å²) in [6, 6.07) is 10.9. The average molecular weight is 261 g/mol. The highest BCUT2D eigenvalue weighted by Crippen LogP contribution is 2.26. The van der Waals surface area contributed by atoms with Crippen LogP contribution in [0.1, 0.15) is 10.4 Å². The molecule has 0 aromatic heterocycles. The van der Waals surface area contributed by atoms with E-state index < -0.39 is 11.6 Å². The number of rotatable bonds is 4. The molecule has 0 aliphatic rings. The van der Waals surface area contributed by atoms with Crippen LogP contribution in [0.15, 0.2) is 42.5 Å². The Morgan fingerprint density at radius 3 is 2.47 bits per heavy atom. The van der Waals surface area contributed by atoms with E-state index in [1.54, 1.807) is 37.4 Å². The van der Waals surface area contributed by atoms with Crippen molar-refractivity contribution < 1.29 is 13.6 Å². The maximum Gasteiger partial charge on any atom is 0.176 e. The van der Waals surface area contributed by atoms with Gasteiger partial charge in [-0.25, -0.2) is 8.78 Å². The monoisotopic (exact) mass is 261 g/mol. The highest BCUT2D eigenvalue weighted by molar-refractivity contribution is 5.98. The standard InChI is InChI=1S/C15H13F2NO/c1-18-9-14(19)11-7-12(15(17)13(16)8-11)10-5-3-2-4-6-10/h2-8,18H,9H2,1H3. The van der Waals surface area contributed by atoms with Gasteiger partial charge in [0.1, 0.15) is 0 Å². The predicted molar refractivity (Wildman–Crippen MR) is 70.1 cm³/mol. The molecule has 0 fully saturated rings. The molecule has 0 aliphatic heterocycles. The molecule has 0 spiro atoms. The molecule has 0 unspecified atom stereocenters. The Morgan fingerprint density at radius 2 is 1.84 bits per heavy atom. The summed E-state index contributed by atoms with van der Waals surface area (Å²) in [5, 5.41) is 2.69. The van der Waals surface area contributed by atoms with Crippen molar-refractivity contribution in [3.05, 3.63) is 59.7 Å². The van der Waals surface area contributed by atoms with E-state index in [4.69, 9.17) is 0 Å². The van der Waals surface area contributed by atoms with Gasteiger partial charge in [-0.2, -0.15) is 0 Å². The summed E-state index contributed by atoms with van der Waals surface area (Å²) in [4.78, 5) is 11.7. The van der Waals surface area contributed by atoms with Crippen molar-refractivity contribution in [1.82, 2.24) is 5.32 Å². The largest absolute Gasteiger partial charge is 0.313 e. The van der Waals surface area contributed by atoms with Crippen LogP contribution in [0.4, 0.5) is 8.78 Å². The van der Waals surface area contributed by atoms with Crippen molar-refractivity contribution in [2.24, 2.45) is 0 Å². The van der Waals surface area contributed by atoms with Gasteiger partial charge >= 0.3 is 0 Å². The molecule has 2 nitrogen and oxygen atoms in total. The highest BCUT2D eigenvalue weighted by Gasteiger charge is 2.15. The number of carbonyl (C=O) groups excluding carboxylic acids is 1. The Balaban J connectivity index is 2.52. The topological polar surface area (TPSA) is 29.1 Å². The Morgan fingerprint density at radius 1 is 1.16 bits per heavy atom. The molecule has 2 aromatic rings. The van der Waals surface area contributed by atoms with Crippen LogP contribution in [0.5, 0.6) is 0 Å². The van der Waals surface area contributed by atoms with Crippen LogP contribution in [0, 0.1) is 11.6 Å². The third kappa shape index (κ3) is 2.85. The van der Waals surface area contributed by atoms with Crippen LogP contribution in [-0.2, 0) is 0 Å². The summed E-state index contributed by atoms with van der Waals surface area (Å²) in [5.41, 5.74) is 0.796. The number of ketones is 1. The summed E-state index contributed by atoms with van der Waals surface area (Å²) >= 11 is 0. The van der Waals surface area contributed by atoms with E-state index in [1.165, 1.54) is 6.07 Å². The Kier molecular flexibility index (Phi) is 4.02. The van der Waals surface area contributed by atoms with Crippen molar-refractivity contribution in [2.45, 2.75) is 0 Å². The summed E-state index contributed by atoms with van der Waals surface area (Å²) in [5.74, 6) is -2.23. The molecule has 19 heavy (non-hydrogen) atoms. The second kappa shape index (κ2) is 5.71. The van der Waals surface area contributed by atoms with Gasteiger partial charge in [0.2, 0.25) is 0 Å². The number of Topliss-reactive ketones (excluding diaryl/α,β-unsaturated/α-hetero) is 1. The lowest BCUT2D eigenvalue weighted by Crippen LogP contribution is -2.19. The van der Waals surface area contributed by atoms with Gasteiger partial charge < -0.3 is 5.32 Å². The SMILES string of the molecule is CNCC(=O)c1cc(F)c(F)c(-c2ccccc2)c1. The molecule has 98 valence electrons. The van der Waals surface area contributed by atoms with Crippen LogP contribution in [-0.4, -0.2) is 19.4 Å². The number of halogens is 2. The Labute approximate surface area is 110 Å². The number of carbonyl (C=O) groups is 1. The quantitative estimate of drug-likeness (QED) is 0.857. The molecule has 0 saturated heterocycles. The zero-order valence-electron chi connectivity index (χ0n) is 10.4. The summed E-state index contributed by atoms with van der Waals surface area (Å²) < 4.78 is 27.4. The molecule has 0 amide bonds. The highest BCUT2D eigenvalue weighted by atomic mass is 19.2. The number of nitrogens with one attached hydrogen (secondary N) is 1. The van der Waals surface area contributed by atoms with Gasteiger partial charge in [0.05, 0.1) is 6.54 Å².